The minimum atomic E-state index is -4.85. The van der Waals surface area contributed by atoms with Crippen LogP contribution in [0.2, 0.25) is 0 Å². The first-order valence-corrected chi connectivity index (χ1v) is 13.2. The largest absolute Gasteiger partial charge is 0.449 e. The molecule has 35 heavy (non-hydrogen) atoms. The van der Waals surface area contributed by atoms with Crippen molar-refractivity contribution in [3.05, 3.63) is 42.9 Å². The van der Waals surface area contributed by atoms with Gasteiger partial charge >= 0.3 is 6.18 Å². The number of hydrogen-bond donors (Lipinski definition) is 0. The van der Waals surface area contributed by atoms with Crippen LogP contribution in [0, 0.1) is 5.82 Å². The first kappa shape index (κ1) is 29.0. The Morgan fingerprint density at radius 2 is 1.91 bits per heavy atom. The van der Waals surface area contributed by atoms with E-state index < -0.39 is 64.6 Å². The molecule has 1 saturated heterocycles. The van der Waals surface area contributed by atoms with E-state index in [-0.39, 0.29) is 10.8 Å². The van der Waals surface area contributed by atoms with Crippen LogP contribution >= 0.6 is 11.8 Å². The van der Waals surface area contributed by atoms with E-state index in [1.165, 1.54) is 13.8 Å². The summed E-state index contributed by atoms with van der Waals surface area (Å²) < 4.78 is 95.9. The zero-order valence-electron chi connectivity index (χ0n) is 19.5. The predicted molar refractivity (Wildman–Crippen MR) is 124 cm³/mol. The number of sulfonamides is 1. The third-order valence-electron chi connectivity index (χ3n) is 5.72. The molecule has 1 aliphatic rings. The molecular weight excluding hydrogens is 515 g/mol. The van der Waals surface area contributed by atoms with Crippen LogP contribution in [0.4, 0.5) is 22.0 Å². The molecule has 1 aliphatic heterocycles. The molecule has 1 unspecified atom stereocenters. The highest BCUT2D eigenvalue weighted by molar-refractivity contribution is 7.98. The Morgan fingerprint density at radius 1 is 1.34 bits per heavy atom. The van der Waals surface area contributed by atoms with Gasteiger partial charge in [0.15, 0.2) is 0 Å². The van der Waals surface area contributed by atoms with E-state index in [0.29, 0.717) is 0 Å². The van der Waals surface area contributed by atoms with Gasteiger partial charge in [0.05, 0.1) is 16.8 Å². The lowest BCUT2D eigenvalue weighted by Gasteiger charge is -2.39. The first-order chi connectivity index (χ1) is 16.2. The Balaban J connectivity index is 2.48. The maximum Gasteiger partial charge on any atom is 0.449 e. The first-order valence-electron chi connectivity index (χ1n) is 10.4. The van der Waals surface area contributed by atoms with Gasteiger partial charge in [-0.25, -0.2) is 22.2 Å². The van der Waals surface area contributed by atoms with Crippen molar-refractivity contribution in [2.45, 2.75) is 55.8 Å². The normalized spacial score (nSPS) is 22.7. The summed E-state index contributed by atoms with van der Waals surface area (Å²) in [5.74, 6) is -2.95. The molecule has 196 valence electrons. The lowest BCUT2D eigenvalue weighted by atomic mass is 10.1. The highest BCUT2D eigenvalue weighted by atomic mass is 32.2. The zero-order valence-corrected chi connectivity index (χ0v) is 21.2. The molecule has 1 aromatic carbocycles. The zero-order chi connectivity index (χ0) is 26.7. The second kappa shape index (κ2) is 11.2. The van der Waals surface area contributed by atoms with Gasteiger partial charge in [-0.15, -0.1) is 11.8 Å². The quantitative estimate of drug-likeness (QED) is 0.216. The molecule has 2 rings (SSSR count). The molecule has 4 atom stereocenters. The Labute approximate surface area is 205 Å². The van der Waals surface area contributed by atoms with Crippen LogP contribution in [-0.4, -0.2) is 84.0 Å². The molecule has 1 amide bonds. The maximum atomic E-state index is 14.8. The highest BCUT2D eigenvalue weighted by Gasteiger charge is 2.51. The van der Waals surface area contributed by atoms with E-state index in [9.17, 15) is 35.2 Å². The van der Waals surface area contributed by atoms with Crippen LogP contribution in [0.15, 0.2) is 46.9 Å². The van der Waals surface area contributed by atoms with Crippen LogP contribution in [0.1, 0.15) is 20.3 Å². The summed E-state index contributed by atoms with van der Waals surface area (Å²) in [6, 6.07) is 1.11. The molecule has 0 N–H and O–H groups in total. The van der Waals surface area contributed by atoms with Gasteiger partial charge in [-0.1, -0.05) is 6.58 Å². The fourth-order valence-electron chi connectivity index (χ4n) is 3.80. The number of benzene rings is 1. The molecule has 0 aromatic heterocycles. The summed E-state index contributed by atoms with van der Waals surface area (Å²) in [5, 5.41) is 0. The van der Waals surface area contributed by atoms with Gasteiger partial charge in [-0.3, -0.25) is 4.79 Å². The van der Waals surface area contributed by atoms with Crippen LogP contribution in [0.3, 0.4) is 0 Å². The highest BCUT2D eigenvalue weighted by Crippen LogP contribution is 2.35. The lowest BCUT2D eigenvalue weighted by molar-refractivity contribution is -0.138. The Hall–Kier alpha value is -2.19. The second-order valence-corrected chi connectivity index (χ2v) is 10.6. The molecular formula is C21H27F5N4O3S2. The minimum Gasteiger partial charge on any atom is -0.335 e. The molecule has 0 spiro atoms. The van der Waals surface area contributed by atoms with Crippen molar-refractivity contribution in [3.8, 4) is 0 Å². The van der Waals surface area contributed by atoms with Crippen LogP contribution < -0.4 is 0 Å². The lowest BCUT2D eigenvalue weighted by Crippen LogP contribution is -2.57. The van der Waals surface area contributed by atoms with Gasteiger partial charge in [0, 0.05) is 19.7 Å². The predicted octanol–water partition coefficient (Wildman–Crippen LogP) is 3.85. The molecule has 1 heterocycles. The molecule has 1 aromatic rings. The van der Waals surface area contributed by atoms with Crippen molar-refractivity contribution in [2.24, 2.45) is 4.99 Å². The van der Waals surface area contributed by atoms with Crippen LogP contribution in [-0.2, 0) is 14.8 Å². The molecule has 0 aliphatic carbocycles. The average molecular weight is 543 g/mol. The Bertz CT molecular complexity index is 1050. The Morgan fingerprint density at radius 3 is 2.40 bits per heavy atom. The maximum absolute atomic E-state index is 14.8. The Kier molecular flexibility index (Phi) is 9.33. The second-order valence-electron chi connectivity index (χ2n) is 7.90. The number of halogens is 5. The monoisotopic (exact) mass is 542 g/mol. The molecule has 0 bridgehead atoms. The summed E-state index contributed by atoms with van der Waals surface area (Å²) >= 11 is 1.12. The number of amides is 1. The van der Waals surface area contributed by atoms with Crippen molar-refractivity contribution in [1.82, 2.24) is 14.1 Å². The van der Waals surface area contributed by atoms with Gasteiger partial charge in [0.2, 0.25) is 21.8 Å². The van der Waals surface area contributed by atoms with Crippen molar-refractivity contribution in [3.63, 3.8) is 0 Å². The summed E-state index contributed by atoms with van der Waals surface area (Å²) in [7, 11) is -3.35. The van der Waals surface area contributed by atoms with Crippen molar-refractivity contribution in [2.75, 3.05) is 19.2 Å². The van der Waals surface area contributed by atoms with Crippen molar-refractivity contribution >= 4 is 33.5 Å². The third kappa shape index (κ3) is 6.15. The third-order valence-corrected chi connectivity index (χ3v) is 8.26. The summed E-state index contributed by atoms with van der Waals surface area (Å²) in [6.07, 6.45) is -5.92. The molecule has 0 saturated carbocycles. The standard InChI is InChI=1S/C21H27F5N4O3S2/c1-6-27-20(21(24,25)26)28(4)14(3)29(12-34-5)19(31)18-11-17(23)13(2)30(18)35(32,33)16-9-7-15(22)8-10-16/h6-10,13-14,17-18H,1,11-12H2,2-5H3/t13-,14?,17+,18-/m0/s1. The number of thioether (sulfide) groups is 1. The van der Waals surface area contributed by atoms with E-state index in [2.05, 4.69) is 11.6 Å². The molecule has 14 heteroatoms. The number of hydrogen-bond acceptors (Lipinski definition) is 5. The smallest absolute Gasteiger partial charge is 0.335 e. The van der Waals surface area contributed by atoms with Crippen LogP contribution in [0.25, 0.3) is 0 Å². The molecule has 7 nitrogen and oxygen atoms in total. The number of amidine groups is 1. The SMILES string of the molecule is C=CN=C(N(C)C(C)N(CSC)C(=O)[C@@H]1C[C@@H](F)[C@H](C)N1S(=O)(=O)c1ccc(F)cc1)C(F)(F)F. The summed E-state index contributed by atoms with van der Waals surface area (Å²) in [6.45, 7) is 5.81. The van der Waals surface area contributed by atoms with E-state index in [0.717, 1.165) is 63.4 Å². The van der Waals surface area contributed by atoms with Crippen LogP contribution in [0.5, 0.6) is 0 Å². The fourth-order valence-corrected chi connectivity index (χ4v) is 6.23. The molecule has 1 fully saturated rings. The van der Waals surface area contributed by atoms with Gasteiger partial charge in [0.25, 0.3) is 0 Å². The summed E-state index contributed by atoms with van der Waals surface area (Å²) in [5.41, 5.74) is 0. The molecule has 0 radical (unpaired) electrons. The topological polar surface area (TPSA) is 73.3 Å². The number of aliphatic imine (C=N–C) groups is 1. The van der Waals surface area contributed by atoms with Gasteiger partial charge in [-0.2, -0.15) is 17.5 Å². The van der Waals surface area contributed by atoms with E-state index in [1.807, 2.05) is 0 Å². The fraction of sp³-hybridized carbons (Fsp3) is 0.524. The van der Waals surface area contributed by atoms with E-state index in [4.69, 9.17) is 0 Å². The van der Waals surface area contributed by atoms with E-state index in [1.54, 1.807) is 6.26 Å². The number of carbonyl (C=O) groups is 1. The number of nitrogens with zero attached hydrogens (tertiary/aromatic N) is 4. The number of carbonyl (C=O) groups excluding carboxylic acids is 1. The van der Waals surface area contributed by atoms with Crippen molar-refractivity contribution < 1.29 is 35.2 Å². The van der Waals surface area contributed by atoms with Gasteiger partial charge in [-0.05, 0) is 44.4 Å². The summed E-state index contributed by atoms with van der Waals surface area (Å²) in [4.78, 5) is 18.3. The minimum absolute atomic E-state index is 0.101. The number of alkyl halides is 4. The average Bonchev–Trinajstić information content (AvgIpc) is 3.09. The van der Waals surface area contributed by atoms with Crippen molar-refractivity contribution in [1.29, 1.82) is 0 Å². The van der Waals surface area contributed by atoms with Gasteiger partial charge < -0.3 is 9.80 Å². The van der Waals surface area contributed by atoms with E-state index >= 15 is 0 Å². The number of rotatable bonds is 8. The van der Waals surface area contributed by atoms with Gasteiger partial charge in [0.1, 0.15) is 24.2 Å².